The fourth-order valence-corrected chi connectivity index (χ4v) is 4.29. The van der Waals surface area contributed by atoms with Crippen LogP contribution < -0.4 is 5.56 Å². The molecular formula is C20H27N5O3. The molecular weight excluding hydrogens is 358 g/mol. The van der Waals surface area contributed by atoms with Gasteiger partial charge in [-0.25, -0.2) is 9.50 Å². The summed E-state index contributed by atoms with van der Waals surface area (Å²) in [6.07, 6.45) is 3.51. The molecule has 0 radical (unpaired) electrons. The Bertz CT molecular complexity index is 990. The van der Waals surface area contributed by atoms with Crippen molar-refractivity contribution in [2.45, 2.75) is 59.0 Å². The largest absolute Gasteiger partial charge is 0.338 e. The van der Waals surface area contributed by atoms with E-state index in [1.807, 2.05) is 24.8 Å². The molecule has 2 aromatic heterocycles. The minimum atomic E-state index is -0.158. The van der Waals surface area contributed by atoms with Gasteiger partial charge in [0.05, 0.1) is 29.5 Å². The van der Waals surface area contributed by atoms with Gasteiger partial charge in [0.1, 0.15) is 0 Å². The number of nitrogens with zero attached hydrogens (tertiary/aromatic N) is 4. The highest BCUT2D eigenvalue weighted by molar-refractivity contribution is 5.78. The Morgan fingerprint density at radius 2 is 2.04 bits per heavy atom. The van der Waals surface area contributed by atoms with Crippen LogP contribution >= 0.6 is 0 Å². The van der Waals surface area contributed by atoms with Gasteiger partial charge in [-0.2, -0.15) is 0 Å². The molecule has 0 unspecified atom stereocenters. The van der Waals surface area contributed by atoms with E-state index in [4.69, 9.17) is 0 Å². The highest BCUT2D eigenvalue weighted by atomic mass is 16.2. The Kier molecular flexibility index (Phi) is 4.72. The minimum Gasteiger partial charge on any atom is -0.338 e. The lowest BCUT2D eigenvalue weighted by molar-refractivity contribution is -0.138. The number of nitrogens with one attached hydrogen (secondary N) is 1. The molecule has 4 heterocycles. The van der Waals surface area contributed by atoms with E-state index in [2.05, 4.69) is 10.1 Å². The van der Waals surface area contributed by atoms with Gasteiger partial charge < -0.3 is 9.80 Å². The quantitative estimate of drug-likeness (QED) is 0.851. The van der Waals surface area contributed by atoms with Crippen molar-refractivity contribution in [1.82, 2.24) is 24.4 Å². The molecule has 0 aliphatic carbocycles. The molecule has 0 spiro atoms. The molecule has 8 heteroatoms. The van der Waals surface area contributed by atoms with Gasteiger partial charge in [0, 0.05) is 38.4 Å². The molecule has 0 saturated carbocycles. The van der Waals surface area contributed by atoms with Crippen LogP contribution in [-0.4, -0.2) is 49.3 Å². The number of carbonyl (C=O) groups excluding carboxylic acids is 2. The topological polar surface area (TPSA) is 90.8 Å². The first-order chi connectivity index (χ1) is 13.4. The van der Waals surface area contributed by atoms with Crippen molar-refractivity contribution >= 4 is 17.5 Å². The summed E-state index contributed by atoms with van der Waals surface area (Å²) in [5.41, 5.74) is 2.62. The summed E-state index contributed by atoms with van der Waals surface area (Å²) in [6.45, 7) is 6.98. The number of amides is 2. The third-order valence-electron chi connectivity index (χ3n) is 5.87. The van der Waals surface area contributed by atoms with Crippen LogP contribution in [-0.2, 0) is 22.6 Å². The Morgan fingerprint density at radius 1 is 1.25 bits per heavy atom. The van der Waals surface area contributed by atoms with Crippen molar-refractivity contribution in [3.63, 3.8) is 0 Å². The molecule has 150 valence electrons. The molecule has 1 fully saturated rings. The van der Waals surface area contributed by atoms with Crippen LogP contribution in [0.25, 0.3) is 5.65 Å². The third-order valence-corrected chi connectivity index (χ3v) is 5.87. The van der Waals surface area contributed by atoms with Gasteiger partial charge in [-0.1, -0.05) is 13.8 Å². The maximum atomic E-state index is 13.0. The minimum absolute atomic E-state index is 0.0348. The number of hydrogen-bond donors (Lipinski definition) is 1. The molecule has 28 heavy (non-hydrogen) atoms. The molecule has 8 nitrogen and oxygen atoms in total. The number of piperidine rings is 1. The molecule has 2 amide bonds. The molecule has 4 rings (SSSR count). The van der Waals surface area contributed by atoms with Gasteiger partial charge >= 0.3 is 0 Å². The molecule has 2 aliphatic heterocycles. The molecule has 1 N–H and O–H groups in total. The predicted octanol–water partition coefficient (Wildman–Crippen LogP) is 1.64. The van der Waals surface area contributed by atoms with E-state index in [1.54, 1.807) is 4.90 Å². The predicted molar refractivity (Wildman–Crippen MR) is 104 cm³/mol. The summed E-state index contributed by atoms with van der Waals surface area (Å²) in [7, 11) is 0. The smallest absolute Gasteiger partial charge is 0.277 e. The SMILES string of the molecule is CC(=O)N1CCc2nc3cc([C@@H]4CCCCN4C(=O)C(C)C)[nH]n3c(=O)c2C1. The lowest BCUT2D eigenvalue weighted by Gasteiger charge is -2.36. The van der Waals surface area contributed by atoms with E-state index < -0.39 is 0 Å². The van der Waals surface area contributed by atoms with Crippen molar-refractivity contribution in [3.05, 3.63) is 33.4 Å². The second-order valence-electron chi connectivity index (χ2n) is 8.14. The van der Waals surface area contributed by atoms with Crippen LogP contribution in [0, 0.1) is 5.92 Å². The number of aromatic nitrogens is 3. The first-order valence-electron chi connectivity index (χ1n) is 10.1. The number of aromatic amines is 1. The number of H-pyrrole nitrogens is 1. The summed E-state index contributed by atoms with van der Waals surface area (Å²) >= 11 is 0. The third kappa shape index (κ3) is 3.10. The fraction of sp³-hybridized carbons (Fsp3) is 0.600. The molecule has 1 atom stereocenters. The number of fused-ring (bicyclic) bond motifs is 2. The van der Waals surface area contributed by atoms with Crippen molar-refractivity contribution in [2.24, 2.45) is 5.92 Å². The average molecular weight is 385 g/mol. The normalized spacial score (nSPS) is 19.9. The molecule has 2 aliphatic rings. The summed E-state index contributed by atoms with van der Waals surface area (Å²) in [6, 6.07) is 1.84. The van der Waals surface area contributed by atoms with E-state index in [9.17, 15) is 14.4 Å². The zero-order chi connectivity index (χ0) is 20.0. The first kappa shape index (κ1) is 18.7. The van der Waals surface area contributed by atoms with Crippen LogP contribution in [0.5, 0.6) is 0 Å². The Morgan fingerprint density at radius 3 is 2.75 bits per heavy atom. The van der Waals surface area contributed by atoms with Crippen molar-refractivity contribution in [3.8, 4) is 0 Å². The van der Waals surface area contributed by atoms with E-state index >= 15 is 0 Å². The first-order valence-corrected chi connectivity index (χ1v) is 10.1. The average Bonchev–Trinajstić information content (AvgIpc) is 3.11. The zero-order valence-electron chi connectivity index (χ0n) is 16.7. The molecule has 0 aromatic carbocycles. The second kappa shape index (κ2) is 7.07. The van der Waals surface area contributed by atoms with E-state index in [-0.39, 0.29) is 29.3 Å². The molecule has 0 bridgehead atoms. The Labute approximate surface area is 163 Å². The Balaban J connectivity index is 1.74. The monoisotopic (exact) mass is 385 g/mol. The van der Waals surface area contributed by atoms with Crippen molar-refractivity contribution < 1.29 is 9.59 Å². The van der Waals surface area contributed by atoms with E-state index in [0.717, 1.165) is 37.2 Å². The summed E-state index contributed by atoms with van der Waals surface area (Å²) in [5, 5.41) is 3.20. The van der Waals surface area contributed by atoms with Crippen LogP contribution in [0.3, 0.4) is 0 Å². The van der Waals surface area contributed by atoms with Gasteiger partial charge in [-0.15, -0.1) is 0 Å². The number of likely N-dealkylation sites (tertiary alicyclic amines) is 1. The highest BCUT2D eigenvalue weighted by Gasteiger charge is 2.31. The zero-order valence-corrected chi connectivity index (χ0v) is 16.7. The highest BCUT2D eigenvalue weighted by Crippen LogP contribution is 2.31. The van der Waals surface area contributed by atoms with Crippen LogP contribution in [0.2, 0.25) is 0 Å². The summed E-state index contributed by atoms with van der Waals surface area (Å²) in [5.74, 6) is 0.0446. The van der Waals surface area contributed by atoms with Crippen molar-refractivity contribution in [1.29, 1.82) is 0 Å². The number of hydrogen-bond acceptors (Lipinski definition) is 4. The second-order valence-corrected chi connectivity index (χ2v) is 8.14. The van der Waals surface area contributed by atoms with Gasteiger partial charge in [-0.3, -0.25) is 19.5 Å². The standard InChI is InChI=1S/C20H27N5O3/c1-12(2)19(27)24-8-5-4-6-17(24)16-10-18-21-15-7-9-23(13(3)26)11-14(15)20(28)25(18)22-16/h10,12,17,22H,4-9,11H2,1-3H3/t17-/m0/s1. The van der Waals surface area contributed by atoms with Crippen LogP contribution in [0.1, 0.15) is 63.0 Å². The van der Waals surface area contributed by atoms with E-state index in [1.165, 1.54) is 11.4 Å². The van der Waals surface area contributed by atoms with Crippen LogP contribution in [0.4, 0.5) is 0 Å². The molecule has 2 aromatic rings. The van der Waals surface area contributed by atoms with Gasteiger partial charge in [-0.05, 0) is 19.3 Å². The number of rotatable bonds is 2. The molecule has 1 saturated heterocycles. The maximum Gasteiger partial charge on any atom is 0.277 e. The van der Waals surface area contributed by atoms with Gasteiger partial charge in [0.25, 0.3) is 5.56 Å². The summed E-state index contributed by atoms with van der Waals surface area (Å²) < 4.78 is 1.46. The van der Waals surface area contributed by atoms with Crippen LogP contribution in [0.15, 0.2) is 10.9 Å². The van der Waals surface area contributed by atoms with Gasteiger partial charge in [0.15, 0.2) is 5.65 Å². The Hall–Kier alpha value is -2.64. The lowest BCUT2D eigenvalue weighted by Crippen LogP contribution is -2.41. The fourth-order valence-electron chi connectivity index (χ4n) is 4.29. The van der Waals surface area contributed by atoms with Gasteiger partial charge in [0.2, 0.25) is 11.8 Å². The summed E-state index contributed by atoms with van der Waals surface area (Å²) in [4.78, 5) is 45.7. The maximum absolute atomic E-state index is 13.0. The van der Waals surface area contributed by atoms with E-state index in [0.29, 0.717) is 30.7 Å². The lowest BCUT2D eigenvalue weighted by atomic mass is 9.97. The van der Waals surface area contributed by atoms with Crippen molar-refractivity contribution in [2.75, 3.05) is 13.1 Å². The number of carbonyl (C=O) groups is 2.